The van der Waals surface area contributed by atoms with Gasteiger partial charge in [0.2, 0.25) is 0 Å². The molecular formula is C47H60N4O6. The number of nitrogens with zero attached hydrogens (tertiary/aromatic N) is 1. The van der Waals surface area contributed by atoms with Crippen LogP contribution in [0.3, 0.4) is 0 Å². The minimum atomic E-state index is -0.798. The summed E-state index contributed by atoms with van der Waals surface area (Å²) in [6, 6.07) is 18.9. The highest BCUT2D eigenvalue weighted by atomic mass is 16.5. The SMILES string of the molecule is CCCCCCCCC(C)n1cc(C(c2[nH]c(C(=O)OCc3ccccc3)c(CC)c2CC)c2[nH]c(C(=O)OCc3ccccc3)c(CC)c2CC)c(=O)[nH]c1=O. The van der Waals surface area contributed by atoms with Crippen LogP contribution in [0.2, 0.25) is 0 Å². The number of carbonyl (C=O) groups is 2. The van der Waals surface area contributed by atoms with Gasteiger partial charge in [0, 0.05) is 29.2 Å². The van der Waals surface area contributed by atoms with Crippen LogP contribution in [0, 0.1) is 0 Å². The number of unbranched alkanes of at least 4 members (excludes halogenated alkanes) is 5. The van der Waals surface area contributed by atoms with E-state index >= 15 is 0 Å². The van der Waals surface area contributed by atoms with Gasteiger partial charge < -0.3 is 19.4 Å². The molecule has 5 rings (SSSR count). The number of ether oxygens (including phenoxy) is 2. The lowest BCUT2D eigenvalue weighted by Crippen LogP contribution is -2.35. The summed E-state index contributed by atoms with van der Waals surface area (Å²) in [6.07, 6.45) is 11.4. The quantitative estimate of drug-likeness (QED) is 0.0501. The summed E-state index contributed by atoms with van der Waals surface area (Å²) in [5, 5.41) is 0. The molecule has 5 aromatic rings. The van der Waals surface area contributed by atoms with Crippen LogP contribution in [0.15, 0.2) is 76.4 Å². The molecule has 0 aliphatic carbocycles. The van der Waals surface area contributed by atoms with Gasteiger partial charge in [-0.25, -0.2) is 14.4 Å². The predicted molar refractivity (Wildman–Crippen MR) is 225 cm³/mol. The third-order valence-corrected chi connectivity index (χ3v) is 11.1. The van der Waals surface area contributed by atoms with Crippen molar-refractivity contribution in [3.05, 3.63) is 149 Å². The maximum atomic E-state index is 14.2. The molecule has 304 valence electrons. The lowest BCUT2D eigenvalue weighted by atomic mass is 9.86. The fourth-order valence-electron chi connectivity index (χ4n) is 8.07. The Morgan fingerprint density at radius 3 is 1.53 bits per heavy atom. The van der Waals surface area contributed by atoms with E-state index in [9.17, 15) is 19.2 Å². The highest BCUT2D eigenvalue weighted by Crippen LogP contribution is 2.39. The van der Waals surface area contributed by atoms with Crippen LogP contribution in [-0.4, -0.2) is 31.5 Å². The molecule has 0 radical (unpaired) electrons. The minimum Gasteiger partial charge on any atom is -0.456 e. The number of aromatic nitrogens is 4. The number of H-pyrrole nitrogens is 3. The van der Waals surface area contributed by atoms with E-state index in [4.69, 9.17) is 9.47 Å². The molecule has 2 aromatic carbocycles. The predicted octanol–water partition coefficient (Wildman–Crippen LogP) is 9.65. The molecular weight excluding hydrogens is 717 g/mol. The molecule has 0 aliphatic heterocycles. The van der Waals surface area contributed by atoms with Gasteiger partial charge in [-0.2, -0.15) is 0 Å². The van der Waals surface area contributed by atoms with Crippen LogP contribution in [0.5, 0.6) is 0 Å². The molecule has 1 atom stereocenters. The normalized spacial score (nSPS) is 11.9. The molecule has 0 bridgehead atoms. The lowest BCUT2D eigenvalue weighted by Gasteiger charge is -2.22. The van der Waals surface area contributed by atoms with Crippen molar-refractivity contribution in [2.24, 2.45) is 0 Å². The number of carbonyl (C=O) groups excluding carboxylic acids is 2. The van der Waals surface area contributed by atoms with Crippen LogP contribution in [0.25, 0.3) is 0 Å². The fraction of sp³-hybridized carbons (Fsp3) is 0.447. The summed E-state index contributed by atoms with van der Waals surface area (Å²) in [5.41, 5.74) is 6.38. The number of aromatic amines is 3. The number of hydrogen-bond acceptors (Lipinski definition) is 6. The first-order valence-electron chi connectivity index (χ1n) is 20.9. The average molecular weight is 777 g/mol. The van der Waals surface area contributed by atoms with Gasteiger partial charge in [-0.1, -0.05) is 134 Å². The summed E-state index contributed by atoms with van der Waals surface area (Å²) in [7, 11) is 0. The third kappa shape index (κ3) is 10.1. The first-order valence-corrected chi connectivity index (χ1v) is 20.9. The Balaban J connectivity index is 1.66. The van der Waals surface area contributed by atoms with Crippen LogP contribution < -0.4 is 11.2 Å². The van der Waals surface area contributed by atoms with Gasteiger partial charge in [0.1, 0.15) is 24.6 Å². The number of nitrogens with one attached hydrogen (secondary N) is 3. The molecule has 0 aliphatic rings. The average Bonchev–Trinajstić information content (AvgIpc) is 3.80. The molecule has 0 saturated heterocycles. The monoisotopic (exact) mass is 776 g/mol. The zero-order chi connectivity index (χ0) is 40.9. The van der Waals surface area contributed by atoms with E-state index in [1.165, 1.54) is 19.3 Å². The van der Waals surface area contributed by atoms with Crippen LogP contribution in [-0.2, 0) is 48.4 Å². The zero-order valence-corrected chi connectivity index (χ0v) is 34.6. The Morgan fingerprint density at radius 2 is 1.07 bits per heavy atom. The number of rotatable bonds is 21. The van der Waals surface area contributed by atoms with Gasteiger partial charge >= 0.3 is 17.6 Å². The van der Waals surface area contributed by atoms with E-state index in [0.717, 1.165) is 59.1 Å². The van der Waals surface area contributed by atoms with E-state index in [-0.39, 0.29) is 19.3 Å². The second-order valence-corrected chi connectivity index (χ2v) is 14.9. The highest BCUT2D eigenvalue weighted by Gasteiger charge is 2.34. The van der Waals surface area contributed by atoms with Gasteiger partial charge in [-0.3, -0.25) is 14.3 Å². The molecule has 3 heterocycles. The van der Waals surface area contributed by atoms with Crippen molar-refractivity contribution in [3.8, 4) is 0 Å². The molecule has 57 heavy (non-hydrogen) atoms. The molecule has 3 N–H and O–H groups in total. The van der Waals surface area contributed by atoms with Gasteiger partial charge in [-0.05, 0) is 72.4 Å². The van der Waals surface area contributed by atoms with Crippen LogP contribution >= 0.6 is 0 Å². The first-order chi connectivity index (χ1) is 27.7. The largest absolute Gasteiger partial charge is 0.456 e. The molecule has 0 amide bonds. The van der Waals surface area contributed by atoms with Crippen molar-refractivity contribution in [1.82, 2.24) is 19.5 Å². The standard InChI is InChI=1S/C47H60N4O6/c1-7-12-13-14-15-18-23-31(6)51-28-38(44(52)50-47(51)55)39(40-34(8-2)36(10-4)42(48-40)45(53)56-29-32-24-19-16-20-25-32)41-35(9-3)37(11-5)43(49-41)46(54)57-30-33-26-21-17-22-27-33/h16-17,19-22,24-28,31,39,48-49H,7-15,18,23,29-30H2,1-6H3,(H,50,52,55). The van der Waals surface area contributed by atoms with Gasteiger partial charge in [0.25, 0.3) is 5.56 Å². The van der Waals surface area contributed by atoms with Crippen molar-refractivity contribution in [3.63, 3.8) is 0 Å². The number of benzene rings is 2. The molecule has 0 saturated carbocycles. The van der Waals surface area contributed by atoms with Gasteiger partial charge in [0.15, 0.2) is 0 Å². The van der Waals surface area contributed by atoms with Crippen molar-refractivity contribution in [2.75, 3.05) is 0 Å². The summed E-state index contributed by atoms with van der Waals surface area (Å²) < 4.78 is 13.3. The molecule has 0 spiro atoms. The summed E-state index contributed by atoms with van der Waals surface area (Å²) in [5.74, 6) is -1.79. The van der Waals surface area contributed by atoms with Crippen LogP contribution in [0.4, 0.5) is 0 Å². The third-order valence-electron chi connectivity index (χ3n) is 11.1. The maximum Gasteiger partial charge on any atom is 0.355 e. The molecule has 1 unspecified atom stereocenters. The number of hydrogen-bond donors (Lipinski definition) is 3. The van der Waals surface area contributed by atoms with E-state index in [2.05, 4.69) is 21.9 Å². The zero-order valence-electron chi connectivity index (χ0n) is 34.6. The minimum absolute atomic E-state index is 0.105. The smallest absolute Gasteiger partial charge is 0.355 e. The van der Waals surface area contributed by atoms with E-state index in [0.29, 0.717) is 54.0 Å². The molecule has 10 nitrogen and oxygen atoms in total. The van der Waals surface area contributed by atoms with Gasteiger partial charge in [-0.15, -0.1) is 0 Å². The van der Waals surface area contributed by atoms with Gasteiger partial charge in [0.05, 0.1) is 5.92 Å². The Bertz CT molecular complexity index is 2080. The Morgan fingerprint density at radius 1 is 0.614 bits per heavy atom. The summed E-state index contributed by atoms with van der Waals surface area (Å²) in [4.78, 5) is 65.0. The van der Waals surface area contributed by atoms with Crippen molar-refractivity contribution < 1.29 is 19.1 Å². The second-order valence-electron chi connectivity index (χ2n) is 14.9. The van der Waals surface area contributed by atoms with Crippen molar-refractivity contribution in [1.29, 1.82) is 0 Å². The fourth-order valence-corrected chi connectivity index (χ4v) is 8.07. The number of esters is 2. The summed E-state index contributed by atoms with van der Waals surface area (Å²) in [6.45, 7) is 12.5. The molecule has 3 aromatic heterocycles. The molecule has 0 fully saturated rings. The summed E-state index contributed by atoms with van der Waals surface area (Å²) >= 11 is 0. The molecule has 10 heteroatoms. The Hall–Kier alpha value is -5.38. The highest BCUT2D eigenvalue weighted by molar-refractivity contribution is 5.91. The maximum absolute atomic E-state index is 14.2. The Kier molecular flexibility index (Phi) is 15.5. The first kappa shape index (κ1) is 42.8. The second kappa shape index (κ2) is 20.7. The van der Waals surface area contributed by atoms with E-state index in [1.54, 1.807) is 10.8 Å². The lowest BCUT2D eigenvalue weighted by molar-refractivity contribution is 0.0456. The van der Waals surface area contributed by atoms with E-state index < -0.39 is 29.1 Å². The van der Waals surface area contributed by atoms with Crippen molar-refractivity contribution in [2.45, 2.75) is 137 Å². The Labute approximate surface area is 336 Å². The van der Waals surface area contributed by atoms with E-state index in [1.807, 2.05) is 95.3 Å². The topological polar surface area (TPSA) is 139 Å². The van der Waals surface area contributed by atoms with Crippen LogP contribution in [0.1, 0.15) is 170 Å². The van der Waals surface area contributed by atoms with Crippen molar-refractivity contribution >= 4 is 11.9 Å².